The van der Waals surface area contributed by atoms with Crippen molar-refractivity contribution in [2.24, 2.45) is 11.8 Å². The molecule has 3 rings (SSSR count). The number of nitrogens with one attached hydrogen (secondary N) is 2. The first-order valence-electron chi connectivity index (χ1n) is 10.9. The minimum atomic E-state index is -1.11. The molecule has 174 valence electrons. The molecule has 0 spiro atoms. The number of alkyl halides is 1. The number of amides is 3. The zero-order valence-electron chi connectivity index (χ0n) is 19.2. The van der Waals surface area contributed by atoms with Gasteiger partial charge >= 0.3 is 6.03 Å². The lowest BCUT2D eigenvalue weighted by molar-refractivity contribution is -0.133. The first-order valence-corrected chi connectivity index (χ1v) is 11.3. The Hall–Kier alpha value is -3.08. The van der Waals surface area contributed by atoms with Gasteiger partial charge in [0.25, 0.3) is 0 Å². The number of urea groups is 1. The van der Waals surface area contributed by atoms with Crippen LogP contribution in [-0.2, 0) is 4.79 Å². The Morgan fingerprint density at radius 3 is 2.64 bits per heavy atom. The second-order valence-corrected chi connectivity index (χ2v) is 9.35. The molecule has 1 aromatic rings. The Balaban J connectivity index is 2.05. The predicted molar refractivity (Wildman–Crippen MR) is 128 cm³/mol. The molecule has 3 N–H and O–H groups in total. The van der Waals surface area contributed by atoms with Crippen LogP contribution >= 0.6 is 11.6 Å². The largest absolute Gasteiger partial charge is 0.386 e. The van der Waals surface area contributed by atoms with Crippen LogP contribution in [0.25, 0.3) is 6.08 Å². The molecule has 0 aromatic heterocycles. The normalized spacial score (nSPS) is 24.2. The molecular weight excluding hydrogens is 440 g/mol. The summed E-state index contributed by atoms with van der Waals surface area (Å²) >= 11 is 6.25. The van der Waals surface area contributed by atoms with E-state index >= 15 is 0 Å². The van der Waals surface area contributed by atoms with Crippen molar-refractivity contribution in [3.05, 3.63) is 64.4 Å². The van der Waals surface area contributed by atoms with Crippen LogP contribution in [0.1, 0.15) is 43.6 Å². The van der Waals surface area contributed by atoms with E-state index in [1.165, 1.54) is 11.0 Å². The van der Waals surface area contributed by atoms with Crippen LogP contribution in [0.15, 0.2) is 47.7 Å². The van der Waals surface area contributed by atoms with E-state index in [9.17, 15) is 14.7 Å². The average Bonchev–Trinajstić information content (AvgIpc) is 2.72. The molecular formula is C25H29ClN4O3. The molecule has 2 heterocycles. The van der Waals surface area contributed by atoms with Gasteiger partial charge in [-0.3, -0.25) is 10.1 Å². The summed E-state index contributed by atoms with van der Waals surface area (Å²) in [5.41, 5.74) is 3.51. The van der Waals surface area contributed by atoms with Gasteiger partial charge < -0.3 is 15.3 Å². The predicted octanol–water partition coefficient (Wildman–Crippen LogP) is 3.76. The number of carbonyl (C=O) groups is 2. The number of nitrogens with zero attached hydrogens (tertiary/aromatic N) is 2. The number of halogens is 1. The Morgan fingerprint density at radius 2 is 2.00 bits per heavy atom. The SMILES string of the molecule is CC1=CC(CN2C(=O)NC(=O)C(C(C)C)C2C(O)c2cc(C)cc(/C=C/C#N)c2)=CC(Cl)N1. The molecule has 0 aliphatic carbocycles. The molecule has 1 aromatic carbocycles. The van der Waals surface area contributed by atoms with Crippen LogP contribution in [-0.4, -0.2) is 40.0 Å². The topological polar surface area (TPSA) is 105 Å². The molecule has 7 nitrogen and oxygen atoms in total. The van der Waals surface area contributed by atoms with Gasteiger partial charge in [-0.25, -0.2) is 4.79 Å². The van der Waals surface area contributed by atoms with Crippen molar-refractivity contribution in [2.75, 3.05) is 6.54 Å². The number of aliphatic hydroxyl groups is 1. The molecule has 8 heteroatoms. The van der Waals surface area contributed by atoms with Crippen molar-refractivity contribution in [3.63, 3.8) is 0 Å². The number of aliphatic hydroxyl groups excluding tert-OH is 1. The van der Waals surface area contributed by atoms with E-state index in [0.717, 1.165) is 22.4 Å². The van der Waals surface area contributed by atoms with E-state index in [0.29, 0.717) is 5.56 Å². The third-order valence-electron chi connectivity index (χ3n) is 5.86. The highest BCUT2D eigenvalue weighted by Gasteiger charge is 2.46. The van der Waals surface area contributed by atoms with Crippen LogP contribution < -0.4 is 10.6 Å². The number of rotatable bonds is 6. The van der Waals surface area contributed by atoms with Crippen LogP contribution in [0.5, 0.6) is 0 Å². The van der Waals surface area contributed by atoms with E-state index < -0.39 is 35.5 Å². The van der Waals surface area contributed by atoms with Gasteiger partial charge in [-0.1, -0.05) is 43.1 Å². The number of nitriles is 1. The minimum Gasteiger partial charge on any atom is -0.386 e. The van der Waals surface area contributed by atoms with Crippen LogP contribution in [0.4, 0.5) is 4.79 Å². The van der Waals surface area contributed by atoms with Crippen molar-refractivity contribution in [3.8, 4) is 6.07 Å². The standard InChI is InChI=1S/C25H29ClN4O3/c1-14(2)21-22(23(31)19-9-15(3)8-17(11-19)6-5-7-27)30(25(33)29-24(21)32)13-18-10-16(4)28-20(26)12-18/h5-6,8-12,14,20-23,28,31H,13H2,1-4H3,(H,29,32,33)/b6-5+. The highest BCUT2D eigenvalue weighted by Crippen LogP contribution is 2.35. The van der Waals surface area contributed by atoms with Gasteiger partial charge in [0, 0.05) is 18.3 Å². The summed E-state index contributed by atoms with van der Waals surface area (Å²) in [6, 6.07) is 6.15. The summed E-state index contributed by atoms with van der Waals surface area (Å²) in [4.78, 5) is 27.3. The lowest BCUT2D eigenvalue weighted by Crippen LogP contribution is -2.63. The van der Waals surface area contributed by atoms with Gasteiger partial charge in [0.05, 0.1) is 18.0 Å². The van der Waals surface area contributed by atoms with E-state index in [4.69, 9.17) is 16.9 Å². The van der Waals surface area contributed by atoms with Crippen LogP contribution in [0.2, 0.25) is 0 Å². The van der Waals surface area contributed by atoms with Crippen molar-refractivity contribution in [1.29, 1.82) is 5.26 Å². The first kappa shape index (κ1) is 24.6. The fourth-order valence-electron chi connectivity index (χ4n) is 4.54. The maximum Gasteiger partial charge on any atom is 0.324 e. The maximum atomic E-state index is 13.0. The molecule has 4 unspecified atom stereocenters. The van der Waals surface area contributed by atoms with E-state index in [1.54, 1.807) is 12.1 Å². The Labute approximate surface area is 199 Å². The number of aryl methyl sites for hydroxylation is 1. The molecule has 2 aliphatic heterocycles. The Bertz CT molecular complexity index is 1070. The highest BCUT2D eigenvalue weighted by atomic mass is 35.5. The molecule has 0 bridgehead atoms. The number of hydrogen-bond donors (Lipinski definition) is 3. The van der Waals surface area contributed by atoms with Gasteiger partial charge in [0.15, 0.2) is 0 Å². The van der Waals surface area contributed by atoms with E-state index in [2.05, 4.69) is 10.6 Å². The Morgan fingerprint density at radius 1 is 1.27 bits per heavy atom. The number of carbonyl (C=O) groups excluding carboxylic acids is 2. The summed E-state index contributed by atoms with van der Waals surface area (Å²) in [6.45, 7) is 7.77. The smallest absolute Gasteiger partial charge is 0.324 e. The van der Waals surface area contributed by atoms with Crippen molar-refractivity contribution < 1.29 is 14.7 Å². The highest BCUT2D eigenvalue weighted by molar-refractivity contribution is 6.21. The molecule has 33 heavy (non-hydrogen) atoms. The van der Waals surface area contributed by atoms with Gasteiger partial charge in [-0.05, 0) is 60.8 Å². The molecule has 0 radical (unpaired) electrons. The number of allylic oxidation sites excluding steroid dienone is 2. The molecule has 1 fully saturated rings. The van der Waals surface area contributed by atoms with Crippen molar-refractivity contribution >= 4 is 29.6 Å². The molecule has 2 aliphatic rings. The molecule has 0 saturated carbocycles. The van der Waals surface area contributed by atoms with E-state index in [-0.39, 0.29) is 12.5 Å². The monoisotopic (exact) mass is 468 g/mol. The van der Waals surface area contributed by atoms with E-state index in [1.807, 2.05) is 58.0 Å². The molecule has 3 amide bonds. The third kappa shape index (κ3) is 5.65. The maximum absolute atomic E-state index is 13.0. The lowest BCUT2D eigenvalue weighted by Gasteiger charge is -2.44. The fraction of sp³-hybridized carbons (Fsp3) is 0.400. The fourth-order valence-corrected chi connectivity index (χ4v) is 4.87. The Kier molecular flexibility index (Phi) is 7.62. The lowest BCUT2D eigenvalue weighted by atomic mass is 9.80. The van der Waals surface area contributed by atoms with Gasteiger partial charge in [-0.2, -0.15) is 5.26 Å². The summed E-state index contributed by atoms with van der Waals surface area (Å²) in [7, 11) is 0. The average molecular weight is 469 g/mol. The number of dihydropyridines is 1. The van der Waals surface area contributed by atoms with Gasteiger partial charge in [-0.15, -0.1) is 0 Å². The second kappa shape index (κ2) is 10.2. The van der Waals surface area contributed by atoms with Crippen LogP contribution in [0.3, 0.4) is 0 Å². The number of benzene rings is 1. The van der Waals surface area contributed by atoms with Crippen LogP contribution in [0, 0.1) is 30.1 Å². The van der Waals surface area contributed by atoms with Crippen molar-refractivity contribution in [2.45, 2.75) is 45.3 Å². The number of hydrogen-bond acceptors (Lipinski definition) is 5. The summed E-state index contributed by atoms with van der Waals surface area (Å²) in [5.74, 6) is -1.13. The summed E-state index contributed by atoms with van der Waals surface area (Å²) in [6.07, 6.45) is 5.62. The summed E-state index contributed by atoms with van der Waals surface area (Å²) in [5, 5.41) is 25.9. The third-order valence-corrected chi connectivity index (χ3v) is 6.09. The zero-order valence-corrected chi connectivity index (χ0v) is 19.9. The molecule has 4 atom stereocenters. The molecule has 1 saturated heterocycles. The van der Waals surface area contributed by atoms with Crippen molar-refractivity contribution in [1.82, 2.24) is 15.5 Å². The second-order valence-electron chi connectivity index (χ2n) is 8.88. The van der Waals surface area contributed by atoms with Gasteiger partial charge in [0.1, 0.15) is 11.6 Å². The quantitative estimate of drug-likeness (QED) is 0.335. The minimum absolute atomic E-state index is 0.122. The zero-order chi connectivity index (χ0) is 24.3. The number of imide groups is 1. The van der Waals surface area contributed by atoms with Gasteiger partial charge in [0.2, 0.25) is 5.91 Å². The summed E-state index contributed by atoms with van der Waals surface area (Å²) < 4.78 is 0. The first-order chi connectivity index (χ1) is 15.6.